The molecule has 0 fully saturated rings. The van der Waals surface area contributed by atoms with Gasteiger partial charge in [0, 0.05) is 12.4 Å². The van der Waals surface area contributed by atoms with Gasteiger partial charge in [-0.1, -0.05) is 0 Å². The minimum atomic E-state index is 0.569. The van der Waals surface area contributed by atoms with Crippen LogP contribution in [-0.2, 0) is 12.7 Å². The Balaban J connectivity index is 0.000000145. The molecule has 0 aliphatic rings. The van der Waals surface area contributed by atoms with Crippen LogP contribution in [0, 0.1) is 0 Å². The molecule has 0 amide bonds. The zero-order chi connectivity index (χ0) is 6.24. The molecule has 1 N–H and O–H groups in total. The van der Waals surface area contributed by atoms with Crippen molar-refractivity contribution < 1.29 is 12.7 Å². The number of H-pyrrole nitrogens is 1. The van der Waals surface area contributed by atoms with Crippen molar-refractivity contribution in [1.29, 1.82) is 0 Å². The van der Waals surface area contributed by atoms with Gasteiger partial charge in [-0.15, -0.1) is 0 Å². The second-order valence-electron chi connectivity index (χ2n) is 0.806. The minimum absolute atomic E-state index is 0.569. The molecule has 0 saturated carbocycles. The minimum Gasteiger partial charge on any atom is -0.351 e. The number of aromatic nitrogens is 2. The molecule has 0 bridgehead atoms. The number of hydrogen-bond acceptors (Lipinski definition) is 1. The van der Waals surface area contributed by atoms with Gasteiger partial charge < -0.3 is 4.98 Å². The van der Waals surface area contributed by atoms with Crippen LogP contribution < -0.4 is 0 Å². The number of hydrogen-bond donors (Lipinski definition) is 1. The predicted molar refractivity (Wildman–Crippen MR) is 30.3 cm³/mol. The van der Waals surface area contributed by atoms with E-state index in [2.05, 4.69) is 9.97 Å². The van der Waals surface area contributed by atoms with Crippen LogP contribution in [0.2, 0.25) is 0 Å². The van der Waals surface area contributed by atoms with Crippen molar-refractivity contribution in [3.05, 3.63) is 18.7 Å². The van der Waals surface area contributed by atoms with Gasteiger partial charge in [0.05, 0.1) is 6.33 Å². The van der Waals surface area contributed by atoms with Crippen LogP contribution in [0.25, 0.3) is 0 Å². The molecular formula is C3H4Cl2N2Ni. The molecule has 1 aromatic rings. The van der Waals surface area contributed by atoms with Crippen molar-refractivity contribution in [2.75, 3.05) is 0 Å². The summed E-state index contributed by atoms with van der Waals surface area (Å²) in [5.74, 6) is 0. The van der Waals surface area contributed by atoms with Gasteiger partial charge in [0.2, 0.25) is 0 Å². The Morgan fingerprint density at radius 2 is 2.12 bits per heavy atom. The standard InChI is InChI=1S/C3H4N2.2ClH.Ni/c1-2-5-3-4-1;;;/h1-3H,(H,4,5);2*1H;/q;;;+2/p-2. The largest absolute Gasteiger partial charge is 0.351 e. The third-order valence-electron chi connectivity index (χ3n) is 0.406. The maximum Gasteiger partial charge on any atom is 0.0919 e. The zero-order valence-electron chi connectivity index (χ0n) is 3.75. The Morgan fingerprint density at radius 1 is 1.50 bits per heavy atom. The summed E-state index contributed by atoms with van der Waals surface area (Å²) >= 11 is 0.569. The number of aromatic amines is 1. The topological polar surface area (TPSA) is 28.7 Å². The van der Waals surface area contributed by atoms with Crippen LogP contribution in [-0.4, -0.2) is 9.97 Å². The van der Waals surface area contributed by atoms with Crippen molar-refractivity contribution in [3.8, 4) is 0 Å². The van der Waals surface area contributed by atoms with E-state index in [1.54, 1.807) is 18.7 Å². The van der Waals surface area contributed by atoms with Gasteiger partial charge in [0.15, 0.2) is 0 Å². The summed E-state index contributed by atoms with van der Waals surface area (Å²) in [7, 11) is 9.40. The summed E-state index contributed by atoms with van der Waals surface area (Å²) in [5, 5.41) is 0. The second kappa shape index (κ2) is 7.28. The first-order valence-electron chi connectivity index (χ1n) is 1.67. The van der Waals surface area contributed by atoms with E-state index in [-0.39, 0.29) is 0 Å². The maximum atomic E-state index is 4.70. The molecule has 0 aliphatic heterocycles. The predicted octanol–water partition coefficient (Wildman–Crippen LogP) is 1.79. The second-order valence-corrected chi connectivity index (χ2v) is 2.44. The van der Waals surface area contributed by atoms with Gasteiger partial charge in [-0.3, -0.25) is 0 Å². The molecule has 1 aromatic heterocycles. The van der Waals surface area contributed by atoms with E-state index in [0.717, 1.165) is 0 Å². The van der Waals surface area contributed by atoms with Crippen LogP contribution in [0.5, 0.6) is 0 Å². The van der Waals surface area contributed by atoms with Crippen LogP contribution in [0.4, 0.5) is 0 Å². The molecule has 0 atom stereocenters. The van der Waals surface area contributed by atoms with E-state index < -0.39 is 0 Å². The molecule has 0 aliphatic carbocycles. The molecule has 5 heteroatoms. The van der Waals surface area contributed by atoms with Crippen LogP contribution in [0.3, 0.4) is 0 Å². The molecule has 2 nitrogen and oxygen atoms in total. The Labute approximate surface area is 62.0 Å². The maximum absolute atomic E-state index is 4.70. The van der Waals surface area contributed by atoms with Gasteiger partial charge in [0.25, 0.3) is 0 Å². The SMILES string of the molecule is [Cl][Ni][Cl].c1c[nH]cn1. The fraction of sp³-hybridized carbons (Fsp3) is 0. The van der Waals surface area contributed by atoms with Crippen LogP contribution >= 0.6 is 20.4 Å². The fourth-order valence-corrected chi connectivity index (χ4v) is 0.215. The van der Waals surface area contributed by atoms with Crippen molar-refractivity contribution in [1.82, 2.24) is 9.97 Å². The van der Waals surface area contributed by atoms with E-state index in [9.17, 15) is 0 Å². The van der Waals surface area contributed by atoms with Crippen LogP contribution in [0.15, 0.2) is 18.7 Å². The number of nitrogens with one attached hydrogen (secondary N) is 1. The Bertz CT molecular complexity index is 82.2. The summed E-state index contributed by atoms with van der Waals surface area (Å²) in [4.78, 5) is 6.42. The van der Waals surface area contributed by atoms with Gasteiger partial charge in [0.1, 0.15) is 0 Å². The third-order valence-corrected chi connectivity index (χ3v) is 0.406. The molecule has 0 radical (unpaired) electrons. The Hall–Kier alpha value is 0.284. The zero-order valence-corrected chi connectivity index (χ0v) is 6.25. The average molecular weight is 198 g/mol. The number of rotatable bonds is 0. The summed E-state index contributed by atoms with van der Waals surface area (Å²) in [6.45, 7) is 0. The van der Waals surface area contributed by atoms with Crippen molar-refractivity contribution in [2.45, 2.75) is 0 Å². The summed E-state index contributed by atoms with van der Waals surface area (Å²) in [6.07, 6.45) is 5.08. The van der Waals surface area contributed by atoms with E-state index >= 15 is 0 Å². The first-order valence-corrected chi connectivity index (χ1v) is 4.38. The number of halogens is 2. The molecule has 0 saturated heterocycles. The first kappa shape index (κ1) is 8.28. The van der Waals surface area contributed by atoms with Gasteiger partial charge in [-0.05, 0) is 0 Å². The van der Waals surface area contributed by atoms with Crippen molar-refractivity contribution >= 4 is 20.4 Å². The van der Waals surface area contributed by atoms with Gasteiger partial charge >= 0.3 is 33.0 Å². The molecule has 0 unspecified atom stereocenters. The average Bonchev–Trinajstić information content (AvgIpc) is 2.17. The Morgan fingerprint density at radius 3 is 2.25 bits per heavy atom. The first-order chi connectivity index (χ1) is 3.91. The van der Waals surface area contributed by atoms with Crippen LogP contribution in [0.1, 0.15) is 0 Å². The van der Waals surface area contributed by atoms with Gasteiger partial charge in [-0.2, -0.15) is 0 Å². The molecular weight excluding hydrogens is 194 g/mol. The molecule has 50 valence electrons. The smallest absolute Gasteiger partial charge is 0.0919 e. The summed E-state index contributed by atoms with van der Waals surface area (Å²) in [5.41, 5.74) is 0. The molecule has 0 aromatic carbocycles. The van der Waals surface area contributed by atoms with E-state index in [1.807, 2.05) is 0 Å². The quantitative estimate of drug-likeness (QED) is 0.632. The number of imidazole rings is 1. The Kier molecular flexibility index (Phi) is 7.54. The third kappa shape index (κ3) is 6.28. The fourth-order valence-electron chi connectivity index (χ4n) is 0.215. The summed E-state index contributed by atoms with van der Waals surface area (Å²) in [6, 6.07) is 0. The molecule has 8 heavy (non-hydrogen) atoms. The number of nitrogens with zero attached hydrogens (tertiary/aromatic N) is 1. The van der Waals surface area contributed by atoms with Gasteiger partial charge in [-0.25, -0.2) is 4.98 Å². The molecule has 0 spiro atoms. The summed E-state index contributed by atoms with van der Waals surface area (Å²) < 4.78 is 0. The normalized spacial score (nSPS) is 7.75. The van der Waals surface area contributed by atoms with Crippen molar-refractivity contribution in [3.63, 3.8) is 0 Å². The van der Waals surface area contributed by atoms with Crippen molar-refractivity contribution in [2.24, 2.45) is 0 Å². The van der Waals surface area contributed by atoms with E-state index in [4.69, 9.17) is 20.4 Å². The van der Waals surface area contributed by atoms with E-state index in [0.29, 0.717) is 12.7 Å². The monoisotopic (exact) mass is 196 g/mol. The van der Waals surface area contributed by atoms with E-state index in [1.165, 1.54) is 0 Å². The molecule has 1 heterocycles. The molecule has 1 rings (SSSR count).